The summed E-state index contributed by atoms with van der Waals surface area (Å²) in [4.78, 5) is 2.48. The molecular weight excluding hydrogens is 276 g/mol. The average Bonchev–Trinajstić information content (AvgIpc) is 2.37. The summed E-state index contributed by atoms with van der Waals surface area (Å²) in [6.07, 6.45) is 0. The number of benzene rings is 1. The molecular formula is C15H25ClN2O2. The zero-order chi connectivity index (χ0) is 13.8. The number of rotatable bonds is 4. The van der Waals surface area contributed by atoms with E-state index in [2.05, 4.69) is 36.2 Å². The highest BCUT2D eigenvalue weighted by Crippen LogP contribution is 2.28. The molecule has 2 unspecified atom stereocenters. The first-order valence-electron chi connectivity index (χ1n) is 6.81. The third-order valence-corrected chi connectivity index (χ3v) is 3.49. The van der Waals surface area contributed by atoms with Crippen molar-refractivity contribution in [3.8, 4) is 11.5 Å². The second kappa shape index (κ2) is 7.72. The van der Waals surface area contributed by atoms with Gasteiger partial charge in [0.15, 0.2) is 11.5 Å². The number of halogens is 1. The molecule has 0 aliphatic carbocycles. The average molecular weight is 301 g/mol. The Hall–Kier alpha value is -0.970. The zero-order valence-electron chi connectivity index (χ0n) is 12.7. The monoisotopic (exact) mass is 300 g/mol. The summed E-state index contributed by atoms with van der Waals surface area (Å²) in [5, 5.41) is 3.55. The summed E-state index contributed by atoms with van der Waals surface area (Å²) in [6.45, 7) is 7.59. The molecule has 2 atom stereocenters. The van der Waals surface area contributed by atoms with E-state index in [9.17, 15) is 0 Å². The van der Waals surface area contributed by atoms with Crippen LogP contribution in [0.15, 0.2) is 18.2 Å². The molecule has 1 aromatic rings. The van der Waals surface area contributed by atoms with E-state index in [0.29, 0.717) is 12.1 Å². The summed E-state index contributed by atoms with van der Waals surface area (Å²) >= 11 is 0. The van der Waals surface area contributed by atoms with Crippen LogP contribution in [0.5, 0.6) is 11.5 Å². The van der Waals surface area contributed by atoms with E-state index >= 15 is 0 Å². The van der Waals surface area contributed by atoms with Crippen LogP contribution in [0.3, 0.4) is 0 Å². The molecule has 114 valence electrons. The first-order valence-corrected chi connectivity index (χ1v) is 6.81. The van der Waals surface area contributed by atoms with Gasteiger partial charge in [-0.1, -0.05) is 6.07 Å². The maximum Gasteiger partial charge on any atom is 0.161 e. The minimum absolute atomic E-state index is 0. The highest BCUT2D eigenvalue weighted by Gasteiger charge is 2.21. The highest BCUT2D eigenvalue weighted by atomic mass is 35.5. The number of hydrogen-bond donors (Lipinski definition) is 1. The maximum absolute atomic E-state index is 5.35. The molecule has 1 N–H and O–H groups in total. The van der Waals surface area contributed by atoms with Crippen LogP contribution in [-0.4, -0.2) is 44.3 Å². The molecule has 4 nitrogen and oxygen atoms in total. The highest BCUT2D eigenvalue weighted by molar-refractivity contribution is 5.85. The summed E-state index contributed by atoms with van der Waals surface area (Å²) < 4.78 is 10.6. The summed E-state index contributed by atoms with van der Waals surface area (Å²) in [6, 6.07) is 7.24. The van der Waals surface area contributed by atoms with Gasteiger partial charge < -0.3 is 14.8 Å². The minimum Gasteiger partial charge on any atom is -0.493 e. The zero-order valence-corrected chi connectivity index (χ0v) is 13.5. The second-order valence-corrected chi connectivity index (χ2v) is 5.35. The van der Waals surface area contributed by atoms with Gasteiger partial charge in [-0.25, -0.2) is 0 Å². The van der Waals surface area contributed by atoms with Crippen LogP contribution >= 0.6 is 12.4 Å². The van der Waals surface area contributed by atoms with Crippen molar-refractivity contribution in [2.24, 2.45) is 0 Å². The molecule has 1 fully saturated rings. The number of nitrogens with one attached hydrogen (secondary N) is 1. The summed E-state index contributed by atoms with van der Waals surface area (Å²) in [7, 11) is 3.34. The van der Waals surface area contributed by atoms with Gasteiger partial charge in [0.05, 0.1) is 14.2 Å². The minimum atomic E-state index is 0. The first kappa shape index (κ1) is 17.1. The third kappa shape index (κ3) is 4.27. The molecule has 1 aliphatic heterocycles. The van der Waals surface area contributed by atoms with Gasteiger partial charge in [-0.15, -0.1) is 12.4 Å². The Labute approximate surface area is 127 Å². The van der Waals surface area contributed by atoms with Gasteiger partial charge in [0.1, 0.15) is 0 Å². The lowest BCUT2D eigenvalue weighted by Gasteiger charge is -2.36. The fraction of sp³-hybridized carbons (Fsp3) is 0.600. The molecule has 0 spiro atoms. The third-order valence-electron chi connectivity index (χ3n) is 3.49. The molecule has 0 radical (unpaired) electrons. The van der Waals surface area contributed by atoms with Gasteiger partial charge in [-0.05, 0) is 31.5 Å². The van der Waals surface area contributed by atoms with E-state index in [1.807, 2.05) is 6.07 Å². The molecule has 2 rings (SSSR count). The number of ether oxygens (including phenoxy) is 2. The molecule has 0 amide bonds. The van der Waals surface area contributed by atoms with Gasteiger partial charge in [-0.2, -0.15) is 0 Å². The van der Waals surface area contributed by atoms with Crippen molar-refractivity contribution in [2.75, 3.05) is 27.3 Å². The van der Waals surface area contributed by atoms with Gasteiger partial charge in [0, 0.05) is 31.7 Å². The van der Waals surface area contributed by atoms with Crippen LogP contribution in [-0.2, 0) is 6.54 Å². The van der Waals surface area contributed by atoms with Gasteiger partial charge >= 0.3 is 0 Å². The van der Waals surface area contributed by atoms with E-state index in [4.69, 9.17) is 9.47 Å². The van der Waals surface area contributed by atoms with Crippen LogP contribution in [0.2, 0.25) is 0 Å². The van der Waals surface area contributed by atoms with E-state index in [-0.39, 0.29) is 12.4 Å². The van der Waals surface area contributed by atoms with Crippen molar-refractivity contribution in [3.63, 3.8) is 0 Å². The quantitative estimate of drug-likeness (QED) is 0.925. The van der Waals surface area contributed by atoms with Crippen LogP contribution in [0, 0.1) is 0 Å². The lowest BCUT2D eigenvalue weighted by atomic mass is 10.1. The van der Waals surface area contributed by atoms with E-state index in [1.165, 1.54) is 5.56 Å². The van der Waals surface area contributed by atoms with Crippen molar-refractivity contribution < 1.29 is 9.47 Å². The van der Waals surface area contributed by atoms with Crippen LogP contribution < -0.4 is 14.8 Å². The second-order valence-electron chi connectivity index (χ2n) is 5.35. The van der Waals surface area contributed by atoms with Gasteiger partial charge in [0.2, 0.25) is 0 Å². The largest absolute Gasteiger partial charge is 0.493 e. The maximum atomic E-state index is 5.35. The smallest absolute Gasteiger partial charge is 0.161 e. The Morgan fingerprint density at radius 2 is 1.70 bits per heavy atom. The van der Waals surface area contributed by atoms with Crippen molar-refractivity contribution in [1.29, 1.82) is 0 Å². The first-order chi connectivity index (χ1) is 9.12. The van der Waals surface area contributed by atoms with Crippen LogP contribution in [0.1, 0.15) is 19.4 Å². The predicted molar refractivity (Wildman–Crippen MR) is 84.1 cm³/mol. The fourth-order valence-electron chi connectivity index (χ4n) is 2.81. The van der Waals surface area contributed by atoms with Gasteiger partial charge in [0.25, 0.3) is 0 Å². The van der Waals surface area contributed by atoms with Crippen molar-refractivity contribution in [2.45, 2.75) is 32.5 Å². The molecule has 1 heterocycles. The SMILES string of the molecule is COc1ccc(CN2CC(C)NC(C)C2)cc1OC.Cl. The van der Waals surface area contributed by atoms with E-state index in [0.717, 1.165) is 31.1 Å². The lowest BCUT2D eigenvalue weighted by Crippen LogP contribution is -2.53. The van der Waals surface area contributed by atoms with Crippen molar-refractivity contribution in [3.05, 3.63) is 23.8 Å². The number of methoxy groups -OCH3 is 2. The Morgan fingerprint density at radius 3 is 2.25 bits per heavy atom. The van der Waals surface area contributed by atoms with Gasteiger partial charge in [-0.3, -0.25) is 4.90 Å². The molecule has 0 saturated carbocycles. The Balaban J connectivity index is 0.00000200. The van der Waals surface area contributed by atoms with Crippen molar-refractivity contribution >= 4 is 12.4 Å². The standard InChI is InChI=1S/C15H24N2O2.ClH/c1-11-8-17(9-12(2)16-11)10-13-5-6-14(18-3)15(7-13)19-4;/h5-7,11-12,16H,8-10H2,1-4H3;1H. The van der Waals surface area contributed by atoms with Crippen LogP contribution in [0.25, 0.3) is 0 Å². The molecule has 5 heteroatoms. The number of hydrogen-bond acceptors (Lipinski definition) is 4. The topological polar surface area (TPSA) is 33.7 Å². The molecule has 1 aliphatic rings. The predicted octanol–water partition coefficient (Wildman–Crippen LogP) is 2.31. The molecule has 1 aromatic carbocycles. The Morgan fingerprint density at radius 1 is 1.10 bits per heavy atom. The molecule has 0 aromatic heterocycles. The Kier molecular flexibility index (Phi) is 6.59. The summed E-state index contributed by atoms with van der Waals surface area (Å²) in [5.41, 5.74) is 1.26. The Bertz CT molecular complexity index is 418. The van der Waals surface area contributed by atoms with Crippen molar-refractivity contribution in [1.82, 2.24) is 10.2 Å². The fourth-order valence-corrected chi connectivity index (χ4v) is 2.81. The lowest BCUT2D eigenvalue weighted by molar-refractivity contribution is 0.166. The number of nitrogens with zero attached hydrogens (tertiary/aromatic N) is 1. The normalized spacial score (nSPS) is 23.0. The summed E-state index contributed by atoms with van der Waals surface area (Å²) in [5.74, 6) is 1.59. The number of piperazine rings is 1. The molecule has 0 bridgehead atoms. The molecule has 20 heavy (non-hydrogen) atoms. The van der Waals surface area contributed by atoms with E-state index < -0.39 is 0 Å². The van der Waals surface area contributed by atoms with Crippen LogP contribution in [0.4, 0.5) is 0 Å². The van der Waals surface area contributed by atoms with E-state index in [1.54, 1.807) is 14.2 Å². The molecule has 1 saturated heterocycles.